The number of alkyl halides is 2. The van der Waals surface area contributed by atoms with Gasteiger partial charge in [-0.1, -0.05) is 12.1 Å². The van der Waals surface area contributed by atoms with Gasteiger partial charge in [0.15, 0.2) is 6.10 Å². The van der Waals surface area contributed by atoms with Gasteiger partial charge in [0.2, 0.25) is 0 Å². The van der Waals surface area contributed by atoms with Crippen molar-refractivity contribution in [3.63, 3.8) is 0 Å². The molecule has 116 valence electrons. The fourth-order valence-corrected chi connectivity index (χ4v) is 1.39. The van der Waals surface area contributed by atoms with E-state index in [0.29, 0.717) is 0 Å². The number of hydrogen-bond donors (Lipinski definition) is 3. The van der Waals surface area contributed by atoms with Crippen LogP contribution in [0.4, 0.5) is 19.3 Å². The predicted octanol–water partition coefficient (Wildman–Crippen LogP) is 1.51. The molecule has 7 nitrogen and oxygen atoms in total. The number of methoxy groups -OCH3 is 1. The zero-order chi connectivity index (χ0) is 15.8. The number of anilines is 1. The van der Waals surface area contributed by atoms with E-state index in [-0.39, 0.29) is 18.0 Å². The molecule has 0 aliphatic heterocycles. The van der Waals surface area contributed by atoms with E-state index < -0.39 is 24.7 Å². The monoisotopic (exact) mass is 304 g/mol. The molecule has 0 aromatic heterocycles. The van der Waals surface area contributed by atoms with Gasteiger partial charge in [-0.15, -0.1) is 0 Å². The maximum absolute atomic E-state index is 12.2. The lowest BCUT2D eigenvalue weighted by Gasteiger charge is -2.14. The maximum atomic E-state index is 12.2. The standard InChI is InChI=1S/C12H14F2N2O5/c1-20-9(10(17)18)6-15-12(19)16-7-4-2-3-5-8(7)21-11(13)14/h2-5,9,11H,6H2,1H3,(H,17,18)(H2,15,16,19). The topological polar surface area (TPSA) is 96.9 Å². The van der Waals surface area contributed by atoms with Gasteiger partial charge in [-0.2, -0.15) is 8.78 Å². The molecule has 0 heterocycles. The van der Waals surface area contributed by atoms with Gasteiger partial charge in [0.1, 0.15) is 5.75 Å². The van der Waals surface area contributed by atoms with Crippen LogP contribution < -0.4 is 15.4 Å². The lowest BCUT2D eigenvalue weighted by atomic mass is 10.3. The summed E-state index contributed by atoms with van der Waals surface area (Å²) in [5.41, 5.74) is 0.0274. The highest BCUT2D eigenvalue weighted by atomic mass is 19.3. The van der Waals surface area contributed by atoms with Crippen LogP contribution in [0.3, 0.4) is 0 Å². The van der Waals surface area contributed by atoms with Crippen molar-refractivity contribution >= 4 is 17.7 Å². The molecule has 1 aromatic carbocycles. The average Bonchev–Trinajstić information content (AvgIpc) is 2.40. The van der Waals surface area contributed by atoms with E-state index >= 15 is 0 Å². The molecule has 1 unspecified atom stereocenters. The van der Waals surface area contributed by atoms with Gasteiger partial charge in [0, 0.05) is 7.11 Å². The van der Waals surface area contributed by atoms with Gasteiger partial charge in [0.25, 0.3) is 0 Å². The molecule has 1 rings (SSSR count). The third-order valence-electron chi connectivity index (χ3n) is 2.36. The largest absolute Gasteiger partial charge is 0.479 e. The molecule has 0 bridgehead atoms. The molecule has 2 amide bonds. The number of aliphatic carboxylic acids is 1. The van der Waals surface area contributed by atoms with Gasteiger partial charge in [-0.25, -0.2) is 9.59 Å². The number of halogens is 2. The molecule has 21 heavy (non-hydrogen) atoms. The van der Waals surface area contributed by atoms with Crippen LogP contribution in [0.2, 0.25) is 0 Å². The first kappa shape index (κ1) is 16.6. The molecule has 1 aromatic rings. The number of carbonyl (C=O) groups is 2. The van der Waals surface area contributed by atoms with Crippen molar-refractivity contribution in [2.75, 3.05) is 19.0 Å². The quantitative estimate of drug-likeness (QED) is 0.709. The van der Waals surface area contributed by atoms with Crippen LogP contribution in [0.1, 0.15) is 0 Å². The van der Waals surface area contributed by atoms with Gasteiger partial charge in [-0.05, 0) is 12.1 Å². The fraction of sp³-hybridized carbons (Fsp3) is 0.333. The number of carbonyl (C=O) groups excluding carboxylic acids is 1. The zero-order valence-corrected chi connectivity index (χ0v) is 11.0. The third kappa shape index (κ3) is 5.61. The van der Waals surface area contributed by atoms with E-state index in [0.717, 1.165) is 0 Å². The van der Waals surface area contributed by atoms with Crippen LogP contribution in [-0.4, -0.2) is 43.5 Å². The first-order valence-electron chi connectivity index (χ1n) is 5.78. The number of carboxylic acid groups (broad SMARTS) is 1. The predicted molar refractivity (Wildman–Crippen MR) is 68.5 cm³/mol. The Hall–Kier alpha value is -2.42. The van der Waals surface area contributed by atoms with Gasteiger partial charge in [-0.3, -0.25) is 0 Å². The van der Waals surface area contributed by atoms with Crippen LogP contribution >= 0.6 is 0 Å². The first-order chi connectivity index (χ1) is 9.93. The summed E-state index contributed by atoms with van der Waals surface area (Å²) >= 11 is 0. The Morgan fingerprint density at radius 1 is 1.33 bits per heavy atom. The fourth-order valence-electron chi connectivity index (χ4n) is 1.39. The maximum Gasteiger partial charge on any atom is 0.387 e. The van der Waals surface area contributed by atoms with Crippen molar-refractivity contribution in [1.82, 2.24) is 5.32 Å². The number of ether oxygens (including phenoxy) is 2. The number of benzene rings is 1. The van der Waals surface area contributed by atoms with Gasteiger partial charge < -0.3 is 25.2 Å². The highest BCUT2D eigenvalue weighted by molar-refractivity contribution is 5.91. The van der Waals surface area contributed by atoms with E-state index in [4.69, 9.17) is 5.11 Å². The summed E-state index contributed by atoms with van der Waals surface area (Å²) in [6, 6.07) is 4.83. The summed E-state index contributed by atoms with van der Waals surface area (Å²) in [4.78, 5) is 22.3. The molecular formula is C12H14F2N2O5. The van der Waals surface area contributed by atoms with Crippen molar-refractivity contribution in [2.24, 2.45) is 0 Å². The Kier molecular flexibility index (Phi) is 6.34. The van der Waals surface area contributed by atoms with E-state index in [9.17, 15) is 18.4 Å². The number of hydrogen-bond acceptors (Lipinski definition) is 4. The van der Waals surface area contributed by atoms with E-state index in [1.807, 2.05) is 0 Å². The second kappa shape index (κ2) is 8.00. The van der Waals surface area contributed by atoms with Crippen LogP contribution in [0.15, 0.2) is 24.3 Å². The van der Waals surface area contributed by atoms with Crippen LogP contribution in [0, 0.1) is 0 Å². The van der Waals surface area contributed by atoms with E-state index in [2.05, 4.69) is 20.1 Å². The van der Waals surface area contributed by atoms with Crippen LogP contribution in [0.5, 0.6) is 5.75 Å². The second-order valence-corrected chi connectivity index (χ2v) is 3.77. The van der Waals surface area contributed by atoms with Crippen molar-refractivity contribution in [1.29, 1.82) is 0 Å². The summed E-state index contributed by atoms with van der Waals surface area (Å²) in [5, 5.41) is 13.2. The smallest absolute Gasteiger partial charge is 0.387 e. The van der Waals surface area contributed by atoms with Crippen molar-refractivity contribution in [3.05, 3.63) is 24.3 Å². The third-order valence-corrected chi connectivity index (χ3v) is 2.36. The molecule has 0 aliphatic rings. The number of urea groups is 1. The van der Waals surface area contributed by atoms with Crippen molar-refractivity contribution in [2.45, 2.75) is 12.7 Å². The lowest BCUT2D eigenvalue weighted by Crippen LogP contribution is -2.39. The molecule has 0 aliphatic carbocycles. The SMILES string of the molecule is COC(CNC(=O)Nc1ccccc1OC(F)F)C(=O)O. The number of carboxylic acids is 1. The average molecular weight is 304 g/mol. The second-order valence-electron chi connectivity index (χ2n) is 3.77. The summed E-state index contributed by atoms with van der Waals surface area (Å²) < 4.78 is 33.2. The zero-order valence-electron chi connectivity index (χ0n) is 11.0. The Morgan fingerprint density at radius 3 is 2.57 bits per heavy atom. The minimum Gasteiger partial charge on any atom is -0.479 e. The van der Waals surface area contributed by atoms with E-state index in [1.165, 1.54) is 31.4 Å². The molecule has 0 saturated carbocycles. The number of rotatable bonds is 7. The first-order valence-corrected chi connectivity index (χ1v) is 5.78. The Morgan fingerprint density at radius 2 is 2.00 bits per heavy atom. The Balaban J connectivity index is 2.60. The summed E-state index contributed by atoms with van der Waals surface area (Å²) in [5.74, 6) is -1.44. The summed E-state index contributed by atoms with van der Waals surface area (Å²) in [7, 11) is 1.18. The Bertz CT molecular complexity index is 498. The summed E-state index contributed by atoms with van der Waals surface area (Å²) in [6.07, 6.45) is -1.21. The van der Waals surface area contributed by atoms with Gasteiger partial charge >= 0.3 is 18.6 Å². The molecule has 1 atom stereocenters. The molecule has 0 spiro atoms. The molecule has 0 fully saturated rings. The molecule has 0 saturated heterocycles. The number of nitrogens with one attached hydrogen (secondary N) is 2. The molecule has 3 N–H and O–H groups in total. The van der Waals surface area contributed by atoms with E-state index in [1.54, 1.807) is 0 Å². The van der Waals surface area contributed by atoms with Crippen LogP contribution in [-0.2, 0) is 9.53 Å². The van der Waals surface area contributed by atoms with Crippen LogP contribution in [0.25, 0.3) is 0 Å². The molecule has 9 heteroatoms. The number of amides is 2. The minimum atomic E-state index is -3.03. The lowest BCUT2D eigenvalue weighted by molar-refractivity contribution is -0.147. The van der Waals surface area contributed by atoms with Crippen molar-refractivity contribution in [3.8, 4) is 5.75 Å². The highest BCUT2D eigenvalue weighted by Gasteiger charge is 2.17. The molecule has 0 radical (unpaired) electrons. The summed E-state index contributed by atoms with van der Waals surface area (Å²) in [6.45, 7) is -3.31. The molecular weight excluding hydrogens is 290 g/mol. The number of para-hydroxylation sites is 2. The Labute approximate surface area is 118 Å². The van der Waals surface area contributed by atoms with Crippen molar-refractivity contribution < 1.29 is 33.0 Å². The minimum absolute atomic E-state index is 0.0274. The highest BCUT2D eigenvalue weighted by Crippen LogP contribution is 2.25. The van der Waals surface area contributed by atoms with Gasteiger partial charge in [0.05, 0.1) is 12.2 Å². The normalized spacial score (nSPS) is 11.8.